The molecule has 0 spiro atoms. The van der Waals surface area contributed by atoms with E-state index in [2.05, 4.69) is 27.3 Å². The number of rotatable bonds is 9. The maximum atomic E-state index is 11.0. The quantitative estimate of drug-likeness (QED) is 0.196. The zero-order chi connectivity index (χ0) is 15.3. The molecule has 0 aromatic rings. The number of carbonyl (C=O) groups is 1. The van der Waals surface area contributed by atoms with Crippen LogP contribution >= 0.6 is 24.0 Å². The first-order valence-corrected chi connectivity index (χ1v) is 8.38. The van der Waals surface area contributed by atoms with Crippen LogP contribution in [0.25, 0.3) is 0 Å². The molecule has 0 amide bonds. The number of esters is 1. The molecule has 0 saturated heterocycles. The van der Waals surface area contributed by atoms with Crippen molar-refractivity contribution in [3.8, 4) is 0 Å². The van der Waals surface area contributed by atoms with Crippen LogP contribution in [0.2, 0.25) is 0 Å². The summed E-state index contributed by atoms with van der Waals surface area (Å²) in [7, 11) is 1.44. The van der Waals surface area contributed by atoms with Crippen molar-refractivity contribution in [2.45, 2.75) is 70.8 Å². The van der Waals surface area contributed by atoms with E-state index in [1.807, 2.05) is 0 Å². The third kappa shape index (κ3) is 10.2. The largest absolute Gasteiger partial charge is 0.469 e. The van der Waals surface area contributed by atoms with Crippen LogP contribution in [0, 0.1) is 0 Å². The van der Waals surface area contributed by atoms with Gasteiger partial charge in [0.25, 0.3) is 0 Å². The van der Waals surface area contributed by atoms with E-state index in [9.17, 15) is 4.79 Å². The Morgan fingerprint density at radius 3 is 2.50 bits per heavy atom. The first-order valence-electron chi connectivity index (χ1n) is 8.38. The zero-order valence-corrected chi connectivity index (χ0v) is 16.4. The number of nitrogens with one attached hydrogen (secondary N) is 2. The summed E-state index contributed by atoms with van der Waals surface area (Å²) in [6, 6.07) is 0.600. The highest BCUT2D eigenvalue weighted by Crippen LogP contribution is 2.17. The molecule has 1 fully saturated rings. The fourth-order valence-electron chi connectivity index (χ4n) is 2.61. The molecule has 0 bridgehead atoms. The number of unbranched alkanes of at least 4 members (excludes halogenated alkanes) is 3. The van der Waals surface area contributed by atoms with Gasteiger partial charge in [-0.1, -0.05) is 25.7 Å². The molecule has 2 N–H and O–H groups in total. The van der Waals surface area contributed by atoms with Gasteiger partial charge in [-0.15, -0.1) is 24.0 Å². The molecular weight excluding hydrogens is 393 g/mol. The molecule has 0 unspecified atom stereocenters. The first kappa shape index (κ1) is 21.5. The van der Waals surface area contributed by atoms with Crippen molar-refractivity contribution in [2.75, 3.05) is 20.2 Å². The molecule has 0 radical (unpaired) electrons. The SMILES string of the molecule is CCNC(=NCCCCCCC(=O)OC)NC1CCCC1.I. The van der Waals surface area contributed by atoms with Crippen LogP contribution in [0.4, 0.5) is 0 Å². The molecule has 22 heavy (non-hydrogen) atoms. The second kappa shape index (κ2) is 14.1. The van der Waals surface area contributed by atoms with E-state index in [-0.39, 0.29) is 29.9 Å². The van der Waals surface area contributed by atoms with Gasteiger partial charge in [0, 0.05) is 25.6 Å². The lowest BCUT2D eigenvalue weighted by Gasteiger charge is -2.16. The van der Waals surface area contributed by atoms with Gasteiger partial charge in [0.2, 0.25) is 0 Å². The Hall–Kier alpha value is -0.530. The van der Waals surface area contributed by atoms with Crippen molar-refractivity contribution in [3.05, 3.63) is 0 Å². The molecule has 0 aromatic carbocycles. The highest BCUT2D eigenvalue weighted by molar-refractivity contribution is 14.0. The van der Waals surface area contributed by atoms with Crippen LogP contribution < -0.4 is 10.6 Å². The minimum absolute atomic E-state index is 0. The van der Waals surface area contributed by atoms with E-state index in [4.69, 9.17) is 0 Å². The Morgan fingerprint density at radius 2 is 1.86 bits per heavy atom. The minimum atomic E-state index is -0.108. The number of carbonyl (C=O) groups excluding carboxylic acids is 1. The summed E-state index contributed by atoms with van der Waals surface area (Å²) < 4.78 is 4.62. The summed E-state index contributed by atoms with van der Waals surface area (Å²) in [5.41, 5.74) is 0. The number of hydrogen-bond donors (Lipinski definition) is 2. The van der Waals surface area contributed by atoms with E-state index in [0.29, 0.717) is 12.5 Å². The number of halogens is 1. The maximum absolute atomic E-state index is 11.0. The van der Waals surface area contributed by atoms with Crippen molar-refractivity contribution < 1.29 is 9.53 Å². The topological polar surface area (TPSA) is 62.7 Å². The molecule has 1 saturated carbocycles. The van der Waals surface area contributed by atoms with Crippen LogP contribution in [0.5, 0.6) is 0 Å². The zero-order valence-electron chi connectivity index (χ0n) is 14.0. The average molecular weight is 425 g/mol. The number of nitrogens with zero attached hydrogens (tertiary/aromatic N) is 1. The van der Waals surface area contributed by atoms with Crippen LogP contribution in [0.3, 0.4) is 0 Å². The van der Waals surface area contributed by atoms with Gasteiger partial charge in [-0.05, 0) is 32.6 Å². The molecule has 1 aliphatic rings. The van der Waals surface area contributed by atoms with Crippen molar-refractivity contribution >= 4 is 35.9 Å². The van der Waals surface area contributed by atoms with Crippen molar-refractivity contribution in [1.82, 2.24) is 10.6 Å². The molecule has 5 nitrogen and oxygen atoms in total. The van der Waals surface area contributed by atoms with Crippen LogP contribution in [0.1, 0.15) is 64.7 Å². The summed E-state index contributed by atoms with van der Waals surface area (Å²) in [5, 5.41) is 6.83. The van der Waals surface area contributed by atoms with Gasteiger partial charge in [-0.2, -0.15) is 0 Å². The normalized spacial score (nSPS) is 15.3. The van der Waals surface area contributed by atoms with Crippen molar-refractivity contribution in [1.29, 1.82) is 0 Å². The van der Waals surface area contributed by atoms with Gasteiger partial charge in [-0.25, -0.2) is 0 Å². The standard InChI is InChI=1S/C16H31N3O2.HI/c1-3-17-16(19-14-10-7-8-11-14)18-13-9-5-4-6-12-15(20)21-2;/h14H,3-13H2,1-2H3,(H2,17,18,19);1H. The van der Waals surface area contributed by atoms with Crippen molar-refractivity contribution in [3.63, 3.8) is 0 Å². The lowest BCUT2D eigenvalue weighted by atomic mass is 10.1. The second-order valence-corrected chi connectivity index (χ2v) is 5.63. The number of aliphatic imine (C=N–C) groups is 1. The third-order valence-electron chi connectivity index (χ3n) is 3.83. The smallest absolute Gasteiger partial charge is 0.305 e. The Labute approximate surface area is 152 Å². The van der Waals surface area contributed by atoms with E-state index in [1.54, 1.807) is 0 Å². The van der Waals surface area contributed by atoms with Gasteiger partial charge < -0.3 is 15.4 Å². The molecule has 130 valence electrons. The van der Waals surface area contributed by atoms with Crippen LogP contribution in [-0.2, 0) is 9.53 Å². The van der Waals surface area contributed by atoms with Gasteiger partial charge in [-0.3, -0.25) is 9.79 Å². The molecule has 0 atom stereocenters. The fourth-order valence-corrected chi connectivity index (χ4v) is 2.61. The molecule has 0 aliphatic heterocycles. The van der Waals surface area contributed by atoms with Gasteiger partial charge in [0.1, 0.15) is 0 Å². The molecule has 6 heteroatoms. The summed E-state index contributed by atoms with van der Waals surface area (Å²) in [6.45, 7) is 3.84. The van der Waals surface area contributed by atoms with E-state index in [0.717, 1.165) is 44.7 Å². The summed E-state index contributed by atoms with van der Waals surface area (Å²) in [5.74, 6) is 0.849. The van der Waals surface area contributed by atoms with Gasteiger partial charge in [0.15, 0.2) is 5.96 Å². The molecular formula is C16H32IN3O2. The predicted molar refractivity (Wildman–Crippen MR) is 102 cm³/mol. The average Bonchev–Trinajstić information content (AvgIpc) is 2.99. The molecule has 0 aromatic heterocycles. The van der Waals surface area contributed by atoms with Crippen LogP contribution in [-0.4, -0.2) is 38.2 Å². The summed E-state index contributed by atoms with van der Waals surface area (Å²) >= 11 is 0. The molecule has 1 aliphatic carbocycles. The number of methoxy groups -OCH3 is 1. The molecule has 0 heterocycles. The summed E-state index contributed by atoms with van der Waals surface area (Å²) in [4.78, 5) is 15.6. The first-order chi connectivity index (χ1) is 10.3. The van der Waals surface area contributed by atoms with Gasteiger partial charge >= 0.3 is 5.97 Å². The van der Waals surface area contributed by atoms with Crippen LogP contribution in [0.15, 0.2) is 4.99 Å². The Balaban J connectivity index is 0.00000441. The number of guanidine groups is 1. The Bertz CT molecular complexity index is 319. The third-order valence-corrected chi connectivity index (χ3v) is 3.83. The minimum Gasteiger partial charge on any atom is -0.469 e. The van der Waals surface area contributed by atoms with Gasteiger partial charge in [0.05, 0.1) is 7.11 Å². The van der Waals surface area contributed by atoms with E-state index >= 15 is 0 Å². The predicted octanol–water partition coefficient (Wildman–Crippen LogP) is 3.23. The fraction of sp³-hybridized carbons (Fsp3) is 0.875. The Kier molecular flexibility index (Phi) is 13.7. The van der Waals surface area contributed by atoms with E-state index in [1.165, 1.54) is 32.8 Å². The lowest BCUT2D eigenvalue weighted by Crippen LogP contribution is -2.42. The maximum Gasteiger partial charge on any atom is 0.305 e. The highest BCUT2D eigenvalue weighted by atomic mass is 127. The van der Waals surface area contributed by atoms with Crippen molar-refractivity contribution in [2.24, 2.45) is 4.99 Å². The highest BCUT2D eigenvalue weighted by Gasteiger charge is 2.15. The second-order valence-electron chi connectivity index (χ2n) is 5.63. The van der Waals surface area contributed by atoms with E-state index < -0.39 is 0 Å². The summed E-state index contributed by atoms with van der Waals surface area (Å²) in [6.07, 6.45) is 9.88. The number of hydrogen-bond acceptors (Lipinski definition) is 3. The molecule has 1 rings (SSSR count). The number of ether oxygens (including phenoxy) is 1. The Morgan fingerprint density at radius 1 is 1.18 bits per heavy atom. The monoisotopic (exact) mass is 425 g/mol. The lowest BCUT2D eigenvalue weighted by molar-refractivity contribution is -0.140.